The van der Waals surface area contributed by atoms with E-state index in [-0.39, 0.29) is 5.24 Å². The van der Waals surface area contributed by atoms with E-state index in [9.17, 15) is 4.79 Å². The maximum atomic E-state index is 11.8. The van der Waals surface area contributed by atoms with Crippen molar-refractivity contribution in [1.82, 2.24) is 0 Å². The maximum absolute atomic E-state index is 11.8. The van der Waals surface area contributed by atoms with Crippen molar-refractivity contribution < 1.29 is 4.79 Å². The molecular formula is C13H14BrClO. The minimum absolute atomic E-state index is 0.200. The topological polar surface area (TPSA) is 17.1 Å². The van der Waals surface area contributed by atoms with Crippen LogP contribution < -0.4 is 0 Å². The zero-order valence-corrected chi connectivity index (χ0v) is 11.4. The fourth-order valence-corrected chi connectivity index (χ4v) is 3.09. The van der Waals surface area contributed by atoms with Gasteiger partial charge in [0.2, 0.25) is 5.24 Å². The highest BCUT2D eigenvalue weighted by atomic mass is 79.9. The third-order valence-electron chi connectivity index (χ3n) is 3.48. The van der Waals surface area contributed by atoms with Crippen LogP contribution in [0, 0.1) is 0 Å². The van der Waals surface area contributed by atoms with Gasteiger partial charge in [0.25, 0.3) is 0 Å². The zero-order valence-electron chi connectivity index (χ0n) is 9.01. The number of halogens is 2. The smallest absolute Gasteiger partial charge is 0.232 e. The van der Waals surface area contributed by atoms with Crippen molar-refractivity contribution in [3.05, 3.63) is 34.3 Å². The average molecular weight is 302 g/mol. The minimum Gasteiger partial charge on any atom is -0.280 e. The second-order valence-corrected chi connectivity index (χ2v) is 5.68. The Hall–Kier alpha value is -0.340. The first kappa shape index (κ1) is 12.1. The summed E-state index contributed by atoms with van der Waals surface area (Å²) in [5.41, 5.74) is 0.635. The van der Waals surface area contributed by atoms with Crippen molar-refractivity contribution in [2.24, 2.45) is 0 Å². The van der Waals surface area contributed by atoms with E-state index in [1.54, 1.807) is 0 Å². The minimum atomic E-state index is -0.430. The van der Waals surface area contributed by atoms with Crippen LogP contribution in [-0.2, 0) is 10.2 Å². The van der Waals surface area contributed by atoms with Crippen LogP contribution in [0.4, 0.5) is 0 Å². The van der Waals surface area contributed by atoms with E-state index in [1.807, 2.05) is 24.3 Å². The van der Waals surface area contributed by atoms with E-state index in [4.69, 9.17) is 11.6 Å². The highest BCUT2D eigenvalue weighted by Gasteiger charge is 2.39. The average Bonchev–Trinajstić information content (AvgIpc) is 2.30. The Kier molecular flexibility index (Phi) is 3.70. The number of benzene rings is 1. The van der Waals surface area contributed by atoms with Gasteiger partial charge in [0.1, 0.15) is 0 Å². The van der Waals surface area contributed by atoms with Crippen LogP contribution in [0.1, 0.15) is 37.7 Å². The maximum Gasteiger partial charge on any atom is 0.232 e. The molecule has 0 aliphatic heterocycles. The van der Waals surface area contributed by atoms with Crippen molar-refractivity contribution in [1.29, 1.82) is 0 Å². The summed E-state index contributed by atoms with van der Waals surface area (Å²) in [5, 5.41) is -0.200. The summed E-state index contributed by atoms with van der Waals surface area (Å²) in [6, 6.07) is 7.97. The number of carbonyl (C=O) groups is 1. The van der Waals surface area contributed by atoms with Crippen LogP contribution in [0.3, 0.4) is 0 Å². The molecule has 1 fully saturated rings. The monoisotopic (exact) mass is 300 g/mol. The van der Waals surface area contributed by atoms with Gasteiger partial charge in [-0.15, -0.1) is 0 Å². The first-order chi connectivity index (χ1) is 7.65. The summed E-state index contributed by atoms with van der Waals surface area (Å²) in [5.74, 6) is 0. The molecule has 0 atom stereocenters. The molecule has 0 amide bonds. The molecule has 0 spiro atoms. The van der Waals surface area contributed by atoms with Gasteiger partial charge >= 0.3 is 0 Å². The standard InChI is InChI=1S/C13H14BrClO/c14-11-6-4-10(5-7-11)13(12(15)16)8-2-1-3-9-13/h4-7H,1-3,8-9H2. The highest BCUT2D eigenvalue weighted by Crippen LogP contribution is 2.41. The van der Waals surface area contributed by atoms with Crippen LogP contribution in [-0.4, -0.2) is 5.24 Å². The molecule has 1 aliphatic carbocycles. The molecule has 0 aromatic heterocycles. The third kappa shape index (κ3) is 2.18. The van der Waals surface area contributed by atoms with Gasteiger partial charge in [-0.05, 0) is 42.1 Å². The predicted octanol–water partition coefficient (Wildman–Crippen LogP) is 4.42. The van der Waals surface area contributed by atoms with Crippen LogP contribution >= 0.6 is 27.5 Å². The van der Waals surface area contributed by atoms with Gasteiger partial charge in [-0.2, -0.15) is 0 Å². The Balaban J connectivity index is 2.38. The molecule has 1 aromatic rings. The van der Waals surface area contributed by atoms with Crippen molar-refractivity contribution in [3.63, 3.8) is 0 Å². The molecule has 16 heavy (non-hydrogen) atoms. The molecule has 0 saturated heterocycles. The van der Waals surface area contributed by atoms with Gasteiger partial charge in [-0.25, -0.2) is 0 Å². The Morgan fingerprint density at radius 2 is 1.69 bits per heavy atom. The van der Waals surface area contributed by atoms with E-state index in [1.165, 1.54) is 6.42 Å². The molecule has 0 radical (unpaired) electrons. The fraction of sp³-hybridized carbons (Fsp3) is 0.462. The number of carbonyl (C=O) groups excluding carboxylic acids is 1. The van der Waals surface area contributed by atoms with E-state index in [2.05, 4.69) is 15.9 Å². The molecule has 1 nitrogen and oxygen atoms in total. The molecule has 2 rings (SSSR count). The van der Waals surface area contributed by atoms with Crippen molar-refractivity contribution in [2.45, 2.75) is 37.5 Å². The van der Waals surface area contributed by atoms with Gasteiger partial charge in [0, 0.05) is 4.47 Å². The summed E-state index contributed by atoms with van der Waals surface area (Å²) in [6.45, 7) is 0. The summed E-state index contributed by atoms with van der Waals surface area (Å²) < 4.78 is 1.03. The van der Waals surface area contributed by atoms with Crippen molar-refractivity contribution in [2.75, 3.05) is 0 Å². The van der Waals surface area contributed by atoms with Crippen LogP contribution in [0.5, 0.6) is 0 Å². The normalized spacial score (nSPS) is 19.4. The Morgan fingerprint density at radius 1 is 1.12 bits per heavy atom. The summed E-state index contributed by atoms with van der Waals surface area (Å²) >= 11 is 9.24. The molecule has 0 N–H and O–H groups in total. The summed E-state index contributed by atoms with van der Waals surface area (Å²) in [6.07, 6.45) is 5.17. The first-order valence-electron chi connectivity index (χ1n) is 5.61. The lowest BCUT2D eigenvalue weighted by Crippen LogP contribution is -2.35. The van der Waals surface area contributed by atoms with Crippen molar-refractivity contribution >= 4 is 32.8 Å². The van der Waals surface area contributed by atoms with E-state index < -0.39 is 5.41 Å². The quantitative estimate of drug-likeness (QED) is 0.739. The molecule has 1 saturated carbocycles. The molecule has 0 bridgehead atoms. The number of hydrogen-bond acceptors (Lipinski definition) is 1. The lowest BCUT2D eigenvalue weighted by molar-refractivity contribution is -0.117. The molecule has 86 valence electrons. The van der Waals surface area contributed by atoms with Gasteiger partial charge in [0.15, 0.2) is 0 Å². The molecular weight excluding hydrogens is 287 g/mol. The SMILES string of the molecule is O=C(Cl)C1(c2ccc(Br)cc2)CCCCC1. The Bertz CT molecular complexity index is 379. The van der Waals surface area contributed by atoms with E-state index in [0.29, 0.717) is 0 Å². The molecule has 0 unspecified atom stereocenters. The second-order valence-electron chi connectivity index (χ2n) is 4.42. The van der Waals surface area contributed by atoms with E-state index in [0.717, 1.165) is 35.7 Å². The Labute approximate surface area is 109 Å². The van der Waals surface area contributed by atoms with Gasteiger partial charge in [-0.1, -0.05) is 47.3 Å². The summed E-state index contributed by atoms with van der Waals surface area (Å²) in [4.78, 5) is 11.8. The summed E-state index contributed by atoms with van der Waals surface area (Å²) in [7, 11) is 0. The molecule has 0 heterocycles. The predicted molar refractivity (Wildman–Crippen MR) is 69.8 cm³/mol. The van der Waals surface area contributed by atoms with Gasteiger partial charge < -0.3 is 0 Å². The first-order valence-corrected chi connectivity index (χ1v) is 6.78. The fourth-order valence-electron chi connectivity index (χ4n) is 2.52. The largest absolute Gasteiger partial charge is 0.280 e. The highest BCUT2D eigenvalue weighted by molar-refractivity contribution is 9.10. The number of rotatable bonds is 2. The van der Waals surface area contributed by atoms with Crippen LogP contribution in [0.15, 0.2) is 28.7 Å². The van der Waals surface area contributed by atoms with Crippen LogP contribution in [0.25, 0.3) is 0 Å². The third-order valence-corrected chi connectivity index (χ3v) is 4.37. The zero-order chi connectivity index (χ0) is 11.6. The lowest BCUT2D eigenvalue weighted by Gasteiger charge is -2.34. The Morgan fingerprint density at radius 3 is 2.19 bits per heavy atom. The van der Waals surface area contributed by atoms with Gasteiger partial charge in [-0.3, -0.25) is 4.79 Å². The van der Waals surface area contributed by atoms with Crippen molar-refractivity contribution in [3.8, 4) is 0 Å². The van der Waals surface area contributed by atoms with E-state index >= 15 is 0 Å². The molecule has 1 aliphatic rings. The molecule has 1 aromatic carbocycles. The lowest BCUT2D eigenvalue weighted by atomic mass is 9.70. The molecule has 3 heteroatoms. The van der Waals surface area contributed by atoms with Gasteiger partial charge in [0.05, 0.1) is 5.41 Å². The number of hydrogen-bond donors (Lipinski definition) is 0. The van der Waals surface area contributed by atoms with Crippen LogP contribution in [0.2, 0.25) is 0 Å². The second kappa shape index (κ2) is 4.89.